The van der Waals surface area contributed by atoms with E-state index in [2.05, 4.69) is 33.1 Å². The number of carbonyl (C=O) groups excluding carboxylic acids is 1. The average Bonchev–Trinajstić information content (AvgIpc) is 3.02. The maximum absolute atomic E-state index is 12.4. The monoisotopic (exact) mass is 328 g/mol. The zero-order valence-corrected chi connectivity index (χ0v) is 14.2. The first-order chi connectivity index (χ1) is 11.6. The normalized spacial score (nSPS) is 19.0. The Morgan fingerprint density at radius 2 is 2.38 bits per heavy atom. The van der Waals surface area contributed by atoms with Crippen LogP contribution in [0.25, 0.3) is 5.69 Å². The highest BCUT2D eigenvalue weighted by Gasteiger charge is 2.22. The Labute approximate surface area is 141 Å². The minimum Gasteiger partial charge on any atom is -0.326 e. The van der Waals surface area contributed by atoms with Crippen molar-refractivity contribution in [2.45, 2.75) is 33.1 Å². The molecule has 0 saturated carbocycles. The molecule has 1 aromatic heterocycles. The number of nitrogens with one attached hydrogen (secondary N) is 2. The van der Waals surface area contributed by atoms with Crippen LogP contribution < -0.4 is 10.6 Å². The first-order valence-corrected chi connectivity index (χ1v) is 8.49. The third-order valence-electron chi connectivity index (χ3n) is 4.65. The molecule has 0 aliphatic carbocycles. The van der Waals surface area contributed by atoms with Crippen molar-refractivity contribution in [3.05, 3.63) is 30.1 Å². The summed E-state index contributed by atoms with van der Waals surface area (Å²) in [6.45, 7) is 6.12. The molecule has 7 heteroatoms. The van der Waals surface area contributed by atoms with E-state index >= 15 is 0 Å². The zero-order valence-electron chi connectivity index (χ0n) is 14.2. The van der Waals surface area contributed by atoms with E-state index in [1.54, 1.807) is 4.68 Å². The molecule has 2 unspecified atom stereocenters. The van der Waals surface area contributed by atoms with Crippen molar-refractivity contribution in [3.63, 3.8) is 0 Å². The molecule has 0 radical (unpaired) electrons. The highest BCUT2D eigenvalue weighted by atomic mass is 16.1. The van der Waals surface area contributed by atoms with Gasteiger partial charge >= 0.3 is 0 Å². The highest BCUT2D eigenvalue weighted by molar-refractivity contribution is 5.91. The van der Waals surface area contributed by atoms with Gasteiger partial charge in [0.2, 0.25) is 5.91 Å². The molecule has 2 atom stereocenters. The molecule has 7 nitrogen and oxygen atoms in total. The van der Waals surface area contributed by atoms with Crippen LogP contribution in [0.4, 0.5) is 5.69 Å². The molecule has 0 spiro atoms. The number of rotatable bonds is 5. The second kappa shape index (κ2) is 7.53. The lowest BCUT2D eigenvalue weighted by molar-refractivity contribution is -0.117. The quantitative estimate of drug-likeness (QED) is 0.876. The summed E-state index contributed by atoms with van der Waals surface area (Å²) >= 11 is 0. The molecule has 1 amide bonds. The summed E-state index contributed by atoms with van der Waals surface area (Å²) in [7, 11) is 0. The maximum atomic E-state index is 12.4. The van der Waals surface area contributed by atoms with Crippen LogP contribution in [-0.2, 0) is 4.79 Å². The maximum Gasteiger partial charge on any atom is 0.224 e. The van der Waals surface area contributed by atoms with Crippen LogP contribution in [0, 0.1) is 18.8 Å². The lowest BCUT2D eigenvalue weighted by Gasteiger charge is -2.28. The van der Waals surface area contributed by atoms with Gasteiger partial charge in [0.15, 0.2) is 5.82 Å². The van der Waals surface area contributed by atoms with Gasteiger partial charge in [-0.05, 0) is 73.3 Å². The number of tetrazole rings is 1. The average molecular weight is 328 g/mol. The zero-order chi connectivity index (χ0) is 16.9. The number of piperidine rings is 1. The van der Waals surface area contributed by atoms with Gasteiger partial charge in [-0.1, -0.05) is 13.0 Å². The minimum absolute atomic E-state index is 0.0543. The molecular weight excluding hydrogens is 304 g/mol. The van der Waals surface area contributed by atoms with Crippen LogP contribution in [0.2, 0.25) is 0 Å². The predicted octanol–water partition coefficient (Wildman–Crippen LogP) is 1.94. The fraction of sp³-hybridized carbons (Fsp3) is 0.529. The lowest BCUT2D eigenvalue weighted by Crippen LogP contribution is -2.34. The van der Waals surface area contributed by atoms with Gasteiger partial charge in [0.1, 0.15) is 0 Å². The Balaban J connectivity index is 1.61. The van der Waals surface area contributed by atoms with Crippen molar-refractivity contribution in [2.75, 3.05) is 18.4 Å². The molecule has 1 aliphatic heterocycles. The Morgan fingerprint density at radius 3 is 3.08 bits per heavy atom. The van der Waals surface area contributed by atoms with Gasteiger partial charge in [-0.3, -0.25) is 4.79 Å². The Bertz CT molecular complexity index is 692. The predicted molar refractivity (Wildman–Crippen MR) is 91.9 cm³/mol. The van der Waals surface area contributed by atoms with Gasteiger partial charge in [-0.2, -0.15) is 4.68 Å². The Kier molecular flexibility index (Phi) is 5.20. The topological polar surface area (TPSA) is 84.7 Å². The number of benzene rings is 1. The molecule has 3 rings (SSSR count). The first kappa shape index (κ1) is 16.6. The van der Waals surface area contributed by atoms with Crippen LogP contribution in [0.5, 0.6) is 0 Å². The molecule has 1 aromatic carbocycles. The van der Waals surface area contributed by atoms with E-state index in [1.165, 1.54) is 12.8 Å². The smallest absolute Gasteiger partial charge is 0.224 e. The number of aromatic nitrogens is 4. The van der Waals surface area contributed by atoms with E-state index in [0.29, 0.717) is 24.1 Å². The van der Waals surface area contributed by atoms with Crippen molar-refractivity contribution >= 4 is 11.6 Å². The fourth-order valence-corrected chi connectivity index (χ4v) is 3.22. The Hall–Kier alpha value is -2.28. The number of anilines is 1. The van der Waals surface area contributed by atoms with Crippen LogP contribution in [0.1, 0.15) is 32.0 Å². The van der Waals surface area contributed by atoms with Crippen molar-refractivity contribution < 1.29 is 4.79 Å². The molecule has 1 aliphatic rings. The van der Waals surface area contributed by atoms with Crippen LogP contribution in [0.15, 0.2) is 24.3 Å². The van der Waals surface area contributed by atoms with E-state index < -0.39 is 0 Å². The summed E-state index contributed by atoms with van der Waals surface area (Å²) in [5, 5.41) is 17.9. The van der Waals surface area contributed by atoms with Gasteiger partial charge in [-0.25, -0.2) is 0 Å². The number of aryl methyl sites for hydroxylation is 1. The number of carbonyl (C=O) groups is 1. The second-order valence-electron chi connectivity index (χ2n) is 6.52. The SMILES string of the molecule is Cc1nnnn1-c1cccc(NC(=O)CC(C)C2CCCNC2)c1. The molecule has 128 valence electrons. The molecule has 1 fully saturated rings. The van der Waals surface area contributed by atoms with Gasteiger partial charge in [-0.15, -0.1) is 5.10 Å². The molecule has 2 heterocycles. The molecule has 24 heavy (non-hydrogen) atoms. The summed E-state index contributed by atoms with van der Waals surface area (Å²) < 4.78 is 1.64. The largest absolute Gasteiger partial charge is 0.326 e. The molecule has 0 bridgehead atoms. The van der Waals surface area contributed by atoms with Gasteiger partial charge in [0, 0.05) is 12.1 Å². The van der Waals surface area contributed by atoms with Crippen molar-refractivity contribution in [1.29, 1.82) is 0 Å². The van der Waals surface area contributed by atoms with E-state index in [9.17, 15) is 4.79 Å². The number of nitrogens with zero attached hydrogens (tertiary/aromatic N) is 4. The van der Waals surface area contributed by atoms with Crippen molar-refractivity contribution in [1.82, 2.24) is 25.5 Å². The third kappa shape index (κ3) is 3.97. The minimum atomic E-state index is 0.0543. The first-order valence-electron chi connectivity index (χ1n) is 8.49. The summed E-state index contributed by atoms with van der Waals surface area (Å²) in [5.74, 6) is 1.72. The van der Waals surface area contributed by atoms with Crippen LogP contribution in [0.3, 0.4) is 0 Å². The molecule has 2 N–H and O–H groups in total. The number of hydrogen-bond donors (Lipinski definition) is 2. The van der Waals surface area contributed by atoms with Crippen molar-refractivity contribution in [3.8, 4) is 5.69 Å². The number of hydrogen-bond acceptors (Lipinski definition) is 5. The second-order valence-corrected chi connectivity index (χ2v) is 6.52. The van der Waals surface area contributed by atoms with E-state index in [4.69, 9.17) is 0 Å². The fourth-order valence-electron chi connectivity index (χ4n) is 3.22. The summed E-state index contributed by atoms with van der Waals surface area (Å²) in [5.41, 5.74) is 1.60. The summed E-state index contributed by atoms with van der Waals surface area (Å²) in [6, 6.07) is 7.57. The van der Waals surface area contributed by atoms with E-state index in [-0.39, 0.29) is 5.91 Å². The molecule has 2 aromatic rings. The van der Waals surface area contributed by atoms with E-state index in [1.807, 2.05) is 31.2 Å². The summed E-state index contributed by atoms with van der Waals surface area (Å²) in [4.78, 5) is 12.4. The third-order valence-corrected chi connectivity index (χ3v) is 4.65. The lowest BCUT2D eigenvalue weighted by atomic mass is 9.85. The van der Waals surface area contributed by atoms with Crippen molar-refractivity contribution in [2.24, 2.45) is 11.8 Å². The number of amides is 1. The standard InChI is InChI=1S/C17H24N6O/c1-12(14-5-4-8-18-11-14)9-17(24)19-15-6-3-7-16(10-15)23-13(2)20-21-22-23/h3,6-7,10,12,14,18H,4-5,8-9,11H2,1-2H3,(H,19,24). The Morgan fingerprint density at radius 1 is 1.50 bits per heavy atom. The van der Waals surface area contributed by atoms with Gasteiger partial charge in [0.05, 0.1) is 5.69 Å². The molecular formula is C17H24N6O. The van der Waals surface area contributed by atoms with Gasteiger partial charge < -0.3 is 10.6 Å². The highest BCUT2D eigenvalue weighted by Crippen LogP contribution is 2.23. The summed E-state index contributed by atoms with van der Waals surface area (Å²) in [6.07, 6.45) is 2.94. The molecule has 1 saturated heterocycles. The van der Waals surface area contributed by atoms with Crippen LogP contribution >= 0.6 is 0 Å². The van der Waals surface area contributed by atoms with E-state index in [0.717, 1.165) is 24.5 Å². The van der Waals surface area contributed by atoms with Crippen LogP contribution in [-0.4, -0.2) is 39.2 Å². The van der Waals surface area contributed by atoms with Gasteiger partial charge in [0.25, 0.3) is 0 Å².